The lowest BCUT2D eigenvalue weighted by Gasteiger charge is -2.06. The fourth-order valence-electron chi connectivity index (χ4n) is 2.04. The van der Waals surface area contributed by atoms with Gasteiger partial charge in [0, 0.05) is 11.8 Å². The highest BCUT2D eigenvalue weighted by atomic mass is 16.5. The molecular formula is C14H12N4O2. The Hall–Kier alpha value is -2.76. The topological polar surface area (TPSA) is 69.4 Å². The summed E-state index contributed by atoms with van der Waals surface area (Å²) in [6, 6.07) is 9.76. The van der Waals surface area contributed by atoms with E-state index in [0.717, 1.165) is 16.8 Å². The van der Waals surface area contributed by atoms with E-state index in [1.165, 1.54) is 7.11 Å². The third kappa shape index (κ3) is 1.91. The molecule has 3 rings (SSSR count). The number of ether oxygens (including phenoxy) is 1. The Bertz CT molecular complexity index is 795. The summed E-state index contributed by atoms with van der Waals surface area (Å²) >= 11 is 0. The number of carbonyl (C=O) groups excluding carboxylic acids is 1. The van der Waals surface area contributed by atoms with Gasteiger partial charge in [-0.25, -0.2) is 9.78 Å². The molecule has 2 aromatic heterocycles. The van der Waals surface area contributed by atoms with E-state index in [2.05, 4.69) is 19.8 Å². The first-order valence-electron chi connectivity index (χ1n) is 6.07. The molecule has 0 saturated carbocycles. The normalized spacial score (nSPS) is 10.7. The summed E-state index contributed by atoms with van der Waals surface area (Å²) < 4.78 is 6.18. The van der Waals surface area contributed by atoms with Gasteiger partial charge in [0.15, 0.2) is 0 Å². The molecule has 1 aromatic carbocycles. The second-order valence-corrected chi connectivity index (χ2v) is 4.28. The van der Waals surface area contributed by atoms with E-state index >= 15 is 0 Å². The maximum Gasteiger partial charge on any atom is 0.378 e. The molecule has 0 amide bonds. The van der Waals surface area contributed by atoms with Crippen molar-refractivity contribution in [3.05, 3.63) is 47.9 Å². The van der Waals surface area contributed by atoms with Crippen molar-refractivity contribution in [3.8, 4) is 11.3 Å². The molecule has 6 heteroatoms. The van der Waals surface area contributed by atoms with Crippen molar-refractivity contribution in [1.29, 1.82) is 0 Å². The number of hydrogen-bond donors (Lipinski definition) is 0. The van der Waals surface area contributed by atoms with Gasteiger partial charge in [-0.1, -0.05) is 24.3 Å². The average Bonchev–Trinajstić information content (AvgIpc) is 2.91. The van der Waals surface area contributed by atoms with Crippen molar-refractivity contribution in [2.75, 3.05) is 7.11 Å². The van der Waals surface area contributed by atoms with Gasteiger partial charge in [0.05, 0.1) is 12.8 Å². The lowest BCUT2D eigenvalue weighted by atomic mass is 10.1. The summed E-state index contributed by atoms with van der Waals surface area (Å²) in [4.78, 5) is 19.7. The Balaban J connectivity index is 2.24. The molecule has 100 valence electrons. The monoisotopic (exact) mass is 268 g/mol. The maximum atomic E-state index is 11.5. The number of fused-ring (bicyclic) bond motifs is 1. The van der Waals surface area contributed by atoms with Crippen molar-refractivity contribution < 1.29 is 9.53 Å². The van der Waals surface area contributed by atoms with Gasteiger partial charge in [0.1, 0.15) is 0 Å². The minimum atomic E-state index is -0.578. The molecule has 0 N–H and O–H groups in total. The molecule has 6 nitrogen and oxygen atoms in total. The summed E-state index contributed by atoms with van der Waals surface area (Å²) in [6.45, 7) is 2.01. The van der Waals surface area contributed by atoms with Crippen molar-refractivity contribution in [3.63, 3.8) is 0 Å². The fourth-order valence-corrected chi connectivity index (χ4v) is 2.04. The van der Waals surface area contributed by atoms with Crippen LogP contribution >= 0.6 is 0 Å². The highest BCUT2D eigenvalue weighted by Crippen LogP contribution is 2.22. The van der Waals surface area contributed by atoms with E-state index in [4.69, 9.17) is 0 Å². The Morgan fingerprint density at radius 3 is 2.80 bits per heavy atom. The van der Waals surface area contributed by atoms with Crippen LogP contribution in [-0.2, 0) is 4.74 Å². The van der Waals surface area contributed by atoms with Crippen LogP contribution in [0.15, 0.2) is 36.5 Å². The van der Waals surface area contributed by atoms with Crippen molar-refractivity contribution in [2.45, 2.75) is 6.92 Å². The number of aryl methyl sites for hydroxylation is 1. The Morgan fingerprint density at radius 2 is 2.05 bits per heavy atom. The molecule has 20 heavy (non-hydrogen) atoms. The largest absolute Gasteiger partial charge is 0.463 e. The van der Waals surface area contributed by atoms with Gasteiger partial charge < -0.3 is 4.74 Å². The molecular weight excluding hydrogens is 256 g/mol. The van der Waals surface area contributed by atoms with Gasteiger partial charge in [-0.15, -0.1) is 5.10 Å². The summed E-state index contributed by atoms with van der Waals surface area (Å²) in [7, 11) is 1.30. The van der Waals surface area contributed by atoms with Crippen molar-refractivity contribution >= 4 is 11.7 Å². The van der Waals surface area contributed by atoms with Gasteiger partial charge in [-0.3, -0.25) is 0 Å². The smallest absolute Gasteiger partial charge is 0.378 e. The molecule has 3 aromatic rings. The van der Waals surface area contributed by atoms with Crippen LogP contribution in [0.1, 0.15) is 16.2 Å². The molecule has 0 unspecified atom stereocenters. The Morgan fingerprint density at radius 1 is 1.25 bits per heavy atom. The second-order valence-electron chi connectivity index (χ2n) is 4.28. The first kappa shape index (κ1) is 12.3. The number of hydrogen-bond acceptors (Lipinski definition) is 5. The van der Waals surface area contributed by atoms with Crippen molar-refractivity contribution in [2.24, 2.45) is 0 Å². The van der Waals surface area contributed by atoms with Crippen LogP contribution < -0.4 is 0 Å². The second kappa shape index (κ2) is 4.73. The number of aromatic nitrogens is 4. The van der Waals surface area contributed by atoms with Crippen LogP contribution in [-0.4, -0.2) is 32.7 Å². The first-order valence-corrected chi connectivity index (χ1v) is 6.07. The van der Waals surface area contributed by atoms with E-state index < -0.39 is 5.97 Å². The van der Waals surface area contributed by atoms with Crippen LogP contribution in [0.25, 0.3) is 17.0 Å². The predicted octanol–water partition coefficient (Wildman–Crippen LogP) is 1.89. The van der Waals surface area contributed by atoms with E-state index in [9.17, 15) is 4.79 Å². The third-order valence-corrected chi connectivity index (χ3v) is 3.03. The molecule has 0 fully saturated rings. The molecule has 0 bridgehead atoms. The zero-order valence-corrected chi connectivity index (χ0v) is 11.1. The van der Waals surface area contributed by atoms with Gasteiger partial charge >= 0.3 is 5.97 Å². The summed E-state index contributed by atoms with van der Waals surface area (Å²) in [5.41, 5.74) is 2.95. The third-order valence-electron chi connectivity index (χ3n) is 3.03. The molecule has 0 saturated heterocycles. The summed E-state index contributed by atoms with van der Waals surface area (Å²) in [5.74, 6) is -0.210. The highest BCUT2D eigenvalue weighted by Gasteiger charge is 2.16. The number of rotatable bonds is 2. The van der Waals surface area contributed by atoms with Gasteiger partial charge in [0.2, 0.25) is 0 Å². The standard InChI is InChI=1S/C14H12N4O2/c1-9-5-3-4-6-10(9)11-7-8-15-14-16-12(13(19)20-2)17-18(11)14/h3-8H,1-2H3. The quantitative estimate of drug-likeness (QED) is 0.664. The van der Waals surface area contributed by atoms with Gasteiger partial charge in [-0.2, -0.15) is 9.50 Å². The van der Waals surface area contributed by atoms with Gasteiger partial charge in [-0.05, 0) is 18.6 Å². The highest BCUT2D eigenvalue weighted by molar-refractivity contribution is 5.85. The van der Waals surface area contributed by atoms with E-state index in [-0.39, 0.29) is 5.82 Å². The van der Waals surface area contributed by atoms with E-state index in [1.807, 2.05) is 37.3 Å². The van der Waals surface area contributed by atoms with Crippen LogP contribution in [0.3, 0.4) is 0 Å². The predicted molar refractivity (Wildman–Crippen MR) is 72.3 cm³/mol. The SMILES string of the molecule is COC(=O)c1nc2nccc(-c3ccccc3C)n2n1. The number of benzene rings is 1. The molecule has 0 radical (unpaired) electrons. The molecule has 0 aliphatic heterocycles. The summed E-state index contributed by atoms with van der Waals surface area (Å²) in [6.07, 6.45) is 1.65. The molecule has 0 aliphatic rings. The zero-order chi connectivity index (χ0) is 14.1. The number of methoxy groups -OCH3 is 1. The van der Waals surface area contributed by atoms with Crippen LogP contribution in [0.5, 0.6) is 0 Å². The maximum absolute atomic E-state index is 11.5. The van der Waals surface area contributed by atoms with Crippen LogP contribution in [0.2, 0.25) is 0 Å². The molecule has 0 spiro atoms. The van der Waals surface area contributed by atoms with Crippen LogP contribution in [0.4, 0.5) is 0 Å². The van der Waals surface area contributed by atoms with Crippen LogP contribution in [0, 0.1) is 6.92 Å². The summed E-state index contributed by atoms with van der Waals surface area (Å²) in [5, 5.41) is 4.17. The number of carbonyl (C=O) groups is 1. The lowest BCUT2D eigenvalue weighted by Crippen LogP contribution is -2.04. The van der Waals surface area contributed by atoms with E-state index in [0.29, 0.717) is 5.78 Å². The first-order chi connectivity index (χ1) is 9.70. The fraction of sp³-hybridized carbons (Fsp3) is 0.143. The Labute approximate surface area is 115 Å². The zero-order valence-electron chi connectivity index (χ0n) is 11.1. The average molecular weight is 268 g/mol. The molecule has 2 heterocycles. The minimum absolute atomic E-state index is 0.000958. The molecule has 0 aliphatic carbocycles. The lowest BCUT2D eigenvalue weighted by molar-refractivity contribution is 0.0587. The van der Waals surface area contributed by atoms with E-state index in [1.54, 1.807) is 10.7 Å². The number of nitrogens with zero attached hydrogens (tertiary/aromatic N) is 4. The minimum Gasteiger partial charge on any atom is -0.463 e. The van der Waals surface area contributed by atoms with Crippen molar-refractivity contribution in [1.82, 2.24) is 19.6 Å². The Kier molecular flexibility index (Phi) is 2.90. The van der Waals surface area contributed by atoms with Gasteiger partial charge in [0.25, 0.3) is 11.6 Å². The number of esters is 1. The molecule has 0 atom stereocenters.